The van der Waals surface area contributed by atoms with E-state index in [1.165, 1.54) is 0 Å². The first-order valence-electron chi connectivity index (χ1n) is 5.02. The van der Waals surface area contributed by atoms with Gasteiger partial charge in [0.25, 0.3) is 0 Å². The van der Waals surface area contributed by atoms with Crippen LogP contribution in [0.2, 0.25) is 0 Å². The van der Waals surface area contributed by atoms with Crippen molar-refractivity contribution in [2.45, 2.75) is 12.5 Å². The van der Waals surface area contributed by atoms with Crippen LogP contribution in [-0.2, 0) is 4.79 Å². The number of carbonyl (C=O) groups excluding carboxylic acids is 1. The third kappa shape index (κ3) is 4.74. The first-order chi connectivity index (χ1) is 7.59. The highest BCUT2D eigenvalue weighted by molar-refractivity contribution is 9.10. The smallest absolute Gasteiger partial charge is 0.218 e. The second kappa shape index (κ2) is 6.62. The van der Waals surface area contributed by atoms with Crippen LogP contribution in [0.4, 0.5) is 0 Å². The summed E-state index contributed by atoms with van der Waals surface area (Å²) in [6, 6.07) is 7.48. The normalized spacial score (nSPS) is 12.4. The Morgan fingerprint density at radius 3 is 2.94 bits per heavy atom. The summed E-state index contributed by atoms with van der Waals surface area (Å²) < 4.78 is 0.932. The van der Waals surface area contributed by atoms with Gasteiger partial charge in [0.1, 0.15) is 0 Å². The van der Waals surface area contributed by atoms with Gasteiger partial charge >= 0.3 is 0 Å². The average Bonchev–Trinajstić information content (AvgIpc) is 2.24. The van der Waals surface area contributed by atoms with Gasteiger partial charge in [0, 0.05) is 24.0 Å². The molecule has 0 fully saturated rings. The number of hydrogen-bond acceptors (Lipinski definition) is 3. The predicted molar refractivity (Wildman–Crippen MR) is 65.8 cm³/mol. The number of hydrogen-bond donors (Lipinski definition) is 3. The molecule has 0 aliphatic carbocycles. The van der Waals surface area contributed by atoms with Crippen LogP contribution in [0, 0.1) is 0 Å². The quantitative estimate of drug-likeness (QED) is 0.682. The minimum atomic E-state index is -0.578. The van der Waals surface area contributed by atoms with E-state index in [1.54, 1.807) is 0 Å². The summed E-state index contributed by atoms with van der Waals surface area (Å²) in [5.41, 5.74) is 5.83. The summed E-state index contributed by atoms with van der Waals surface area (Å²) in [6.07, 6.45) is -0.295. The third-order valence-corrected chi connectivity index (χ3v) is 2.61. The molecule has 0 heterocycles. The number of benzene rings is 1. The first kappa shape index (κ1) is 13.2. The average molecular weight is 287 g/mol. The van der Waals surface area contributed by atoms with Gasteiger partial charge < -0.3 is 16.2 Å². The Bertz CT molecular complexity index is 358. The van der Waals surface area contributed by atoms with Crippen molar-refractivity contribution in [3.05, 3.63) is 34.3 Å². The van der Waals surface area contributed by atoms with Crippen molar-refractivity contribution in [3.8, 4) is 0 Å². The van der Waals surface area contributed by atoms with Crippen LogP contribution in [0.25, 0.3) is 0 Å². The van der Waals surface area contributed by atoms with Gasteiger partial charge in [0.05, 0.1) is 6.10 Å². The molecule has 16 heavy (non-hydrogen) atoms. The molecule has 1 atom stereocenters. The third-order valence-electron chi connectivity index (χ3n) is 2.12. The lowest BCUT2D eigenvalue weighted by molar-refractivity contribution is -0.117. The topological polar surface area (TPSA) is 75.4 Å². The SMILES string of the molecule is NC(=O)CCNCC(O)c1cccc(Br)c1. The minimum Gasteiger partial charge on any atom is -0.387 e. The van der Waals surface area contributed by atoms with E-state index >= 15 is 0 Å². The van der Waals surface area contributed by atoms with Crippen molar-refractivity contribution < 1.29 is 9.90 Å². The Morgan fingerprint density at radius 1 is 1.56 bits per heavy atom. The fourth-order valence-corrected chi connectivity index (χ4v) is 1.70. The van der Waals surface area contributed by atoms with Gasteiger partial charge in [0.15, 0.2) is 0 Å². The maximum absolute atomic E-state index is 10.5. The molecule has 0 spiro atoms. The van der Waals surface area contributed by atoms with E-state index in [-0.39, 0.29) is 12.3 Å². The van der Waals surface area contributed by atoms with Gasteiger partial charge in [-0.05, 0) is 17.7 Å². The highest BCUT2D eigenvalue weighted by atomic mass is 79.9. The number of amides is 1. The molecule has 1 aromatic rings. The largest absolute Gasteiger partial charge is 0.387 e. The Labute approximate surface area is 103 Å². The summed E-state index contributed by atoms with van der Waals surface area (Å²) in [7, 11) is 0. The number of primary amides is 1. The zero-order valence-corrected chi connectivity index (χ0v) is 10.4. The molecule has 88 valence electrons. The fourth-order valence-electron chi connectivity index (χ4n) is 1.28. The summed E-state index contributed by atoms with van der Waals surface area (Å²) in [6.45, 7) is 0.893. The zero-order chi connectivity index (χ0) is 12.0. The molecule has 0 aliphatic rings. The molecule has 1 aromatic carbocycles. The monoisotopic (exact) mass is 286 g/mol. The first-order valence-corrected chi connectivity index (χ1v) is 5.81. The molecule has 0 aliphatic heterocycles. The number of nitrogens with two attached hydrogens (primary N) is 1. The van der Waals surface area contributed by atoms with E-state index in [4.69, 9.17) is 5.73 Å². The van der Waals surface area contributed by atoms with Gasteiger partial charge in [-0.25, -0.2) is 0 Å². The van der Waals surface area contributed by atoms with Gasteiger partial charge in [-0.1, -0.05) is 28.1 Å². The molecule has 1 rings (SSSR count). The van der Waals surface area contributed by atoms with Crippen molar-refractivity contribution >= 4 is 21.8 Å². The fraction of sp³-hybridized carbons (Fsp3) is 0.364. The molecule has 0 bridgehead atoms. The van der Waals surface area contributed by atoms with E-state index in [2.05, 4.69) is 21.2 Å². The lowest BCUT2D eigenvalue weighted by Crippen LogP contribution is -2.26. The van der Waals surface area contributed by atoms with Crippen LogP contribution < -0.4 is 11.1 Å². The molecule has 0 radical (unpaired) electrons. The summed E-state index contributed by atoms with van der Waals surface area (Å²) in [5.74, 6) is -0.343. The molecule has 0 saturated carbocycles. The maximum Gasteiger partial charge on any atom is 0.218 e. The molecule has 4 N–H and O–H groups in total. The van der Waals surface area contributed by atoms with E-state index < -0.39 is 6.10 Å². The zero-order valence-electron chi connectivity index (χ0n) is 8.82. The molecule has 0 aromatic heterocycles. The van der Waals surface area contributed by atoms with Crippen LogP contribution in [0.1, 0.15) is 18.1 Å². The summed E-state index contributed by atoms with van der Waals surface area (Å²) >= 11 is 3.34. The highest BCUT2D eigenvalue weighted by Crippen LogP contribution is 2.17. The van der Waals surface area contributed by atoms with E-state index in [0.29, 0.717) is 13.1 Å². The number of aliphatic hydroxyl groups excluding tert-OH is 1. The Morgan fingerprint density at radius 2 is 2.31 bits per heavy atom. The van der Waals surface area contributed by atoms with Gasteiger partial charge in [-0.15, -0.1) is 0 Å². The molecular formula is C11H15BrN2O2. The lowest BCUT2D eigenvalue weighted by atomic mass is 10.1. The number of nitrogens with one attached hydrogen (secondary N) is 1. The molecule has 1 unspecified atom stereocenters. The van der Waals surface area contributed by atoms with Crippen molar-refractivity contribution in [1.82, 2.24) is 5.32 Å². The van der Waals surface area contributed by atoms with Crippen LogP contribution in [-0.4, -0.2) is 24.1 Å². The second-order valence-electron chi connectivity index (χ2n) is 3.49. The van der Waals surface area contributed by atoms with Gasteiger partial charge in [-0.3, -0.25) is 4.79 Å². The van der Waals surface area contributed by atoms with Gasteiger partial charge in [-0.2, -0.15) is 0 Å². The lowest BCUT2D eigenvalue weighted by Gasteiger charge is -2.12. The van der Waals surface area contributed by atoms with Crippen LogP contribution >= 0.6 is 15.9 Å². The summed E-state index contributed by atoms with van der Waals surface area (Å²) in [5, 5.41) is 12.8. The number of carbonyl (C=O) groups is 1. The predicted octanol–water partition coefficient (Wildman–Crippen LogP) is 0.948. The molecule has 5 heteroatoms. The molecule has 0 saturated heterocycles. The number of aliphatic hydroxyl groups is 1. The number of rotatable bonds is 6. The summed E-state index contributed by atoms with van der Waals surface area (Å²) in [4.78, 5) is 10.5. The second-order valence-corrected chi connectivity index (χ2v) is 4.41. The Balaban J connectivity index is 2.35. The number of halogens is 1. The van der Waals surface area contributed by atoms with Gasteiger partial charge in [0.2, 0.25) is 5.91 Å². The van der Waals surface area contributed by atoms with E-state index in [1.807, 2.05) is 24.3 Å². The minimum absolute atomic E-state index is 0.283. The molecule has 4 nitrogen and oxygen atoms in total. The highest BCUT2D eigenvalue weighted by Gasteiger charge is 2.06. The van der Waals surface area contributed by atoms with E-state index in [0.717, 1.165) is 10.0 Å². The van der Waals surface area contributed by atoms with Crippen molar-refractivity contribution in [3.63, 3.8) is 0 Å². The standard InChI is InChI=1S/C11H15BrN2O2/c12-9-3-1-2-8(6-9)10(15)7-14-5-4-11(13)16/h1-3,6,10,14-15H,4-5,7H2,(H2,13,16). The van der Waals surface area contributed by atoms with Crippen molar-refractivity contribution in [1.29, 1.82) is 0 Å². The van der Waals surface area contributed by atoms with Crippen molar-refractivity contribution in [2.24, 2.45) is 5.73 Å². The Hall–Kier alpha value is -0.910. The van der Waals surface area contributed by atoms with E-state index in [9.17, 15) is 9.90 Å². The Kier molecular flexibility index (Phi) is 5.45. The van der Waals surface area contributed by atoms with Crippen LogP contribution in [0.15, 0.2) is 28.7 Å². The van der Waals surface area contributed by atoms with Crippen LogP contribution in [0.5, 0.6) is 0 Å². The maximum atomic E-state index is 10.5. The van der Waals surface area contributed by atoms with Crippen molar-refractivity contribution in [2.75, 3.05) is 13.1 Å². The van der Waals surface area contributed by atoms with Crippen LogP contribution in [0.3, 0.4) is 0 Å². The molecular weight excluding hydrogens is 272 g/mol. The molecule has 1 amide bonds.